The van der Waals surface area contributed by atoms with E-state index < -0.39 is 11.6 Å². The summed E-state index contributed by atoms with van der Waals surface area (Å²) in [6, 6.07) is 3.22. The molecule has 2 rings (SSSR count). The fraction of sp³-hybridized carbons (Fsp3) is 0.600. The van der Waals surface area contributed by atoms with Crippen molar-refractivity contribution in [2.45, 2.75) is 45.1 Å². The number of hydrogen-bond donors (Lipinski definition) is 2. The zero-order valence-electron chi connectivity index (χ0n) is 12.3. The summed E-state index contributed by atoms with van der Waals surface area (Å²) in [4.78, 5) is 17.8. The van der Waals surface area contributed by atoms with Gasteiger partial charge in [0.25, 0.3) is 0 Å². The van der Waals surface area contributed by atoms with Crippen LogP contribution < -0.4 is 4.90 Å². The molecular formula is C15H22N2O3. The predicted octanol–water partition coefficient (Wildman–Crippen LogP) is 2.25. The van der Waals surface area contributed by atoms with Crippen molar-refractivity contribution >= 4 is 11.8 Å². The molecule has 1 aromatic heterocycles. The first-order chi connectivity index (χ1) is 9.28. The average Bonchev–Trinajstić information content (AvgIpc) is 2.36. The van der Waals surface area contributed by atoms with Gasteiger partial charge in [-0.3, -0.25) is 0 Å². The Labute approximate surface area is 119 Å². The van der Waals surface area contributed by atoms with Crippen molar-refractivity contribution in [3.63, 3.8) is 0 Å². The zero-order chi connectivity index (χ0) is 14.9. The maximum atomic E-state index is 11.2. The van der Waals surface area contributed by atoms with Crippen LogP contribution in [0.3, 0.4) is 0 Å². The maximum Gasteiger partial charge on any atom is 0.335 e. The Morgan fingerprint density at radius 2 is 2.15 bits per heavy atom. The van der Waals surface area contributed by atoms with Gasteiger partial charge in [-0.25, -0.2) is 9.78 Å². The third-order valence-electron chi connectivity index (χ3n) is 3.67. The molecule has 0 radical (unpaired) electrons. The van der Waals surface area contributed by atoms with Gasteiger partial charge in [-0.1, -0.05) is 13.8 Å². The second-order valence-corrected chi connectivity index (χ2v) is 6.12. The lowest BCUT2D eigenvalue weighted by molar-refractivity contribution is 0.0447. The molecule has 1 aliphatic rings. The van der Waals surface area contributed by atoms with Gasteiger partial charge in [0.15, 0.2) is 0 Å². The lowest BCUT2D eigenvalue weighted by Crippen LogP contribution is -2.46. The van der Waals surface area contributed by atoms with E-state index in [1.165, 1.54) is 0 Å². The van der Waals surface area contributed by atoms with Crippen LogP contribution in [-0.4, -0.2) is 39.9 Å². The Morgan fingerprint density at radius 1 is 1.45 bits per heavy atom. The number of carboxylic acid groups (broad SMARTS) is 1. The van der Waals surface area contributed by atoms with E-state index in [4.69, 9.17) is 0 Å². The van der Waals surface area contributed by atoms with Gasteiger partial charge in [0.05, 0.1) is 11.2 Å². The van der Waals surface area contributed by atoms with Crippen LogP contribution in [-0.2, 0) is 0 Å². The minimum atomic E-state index is -0.945. The van der Waals surface area contributed by atoms with Gasteiger partial charge >= 0.3 is 5.97 Å². The summed E-state index contributed by atoms with van der Waals surface area (Å²) < 4.78 is 0. The molecule has 0 amide bonds. The van der Waals surface area contributed by atoms with Crippen LogP contribution in [0.15, 0.2) is 12.1 Å². The average molecular weight is 278 g/mol. The lowest BCUT2D eigenvalue weighted by Gasteiger charge is -2.37. The number of rotatable bonds is 3. The highest BCUT2D eigenvalue weighted by atomic mass is 16.4. The van der Waals surface area contributed by atoms with Crippen LogP contribution >= 0.6 is 0 Å². The molecule has 0 aromatic carbocycles. The van der Waals surface area contributed by atoms with Crippen LogP contribution in [0.5, 0.6) is 0 Å². The summed E-state index contributed by atoms with van der Waals surface area (Å²) >= 11 is 0. The number of aromatic nitrogens is 1. The van der Waals surface area contributed by atoms with Crippen LogP contribution in [0.2, 0.25) is 0 Å². The molecule has 1 aliphatic heterocycles. The minimum Gasteiger partial charge on any atom is -0.478 e. The Balaban J connectivity index is 2.37. The summed E-state index contributed by atoms with van der Waals surface area (Å²) in [6.07, 6.45) is 1.64. The van der Waals surface area contributed by atoms with Crippen LogP contribution in [0, 0.1) is 0 Å². The first-order valence-electron chi connectivity index (χ1n) is 7.01. The standard InChI is InChI=1S/C15H22N2O3/c1-10(2)12-7-11(14(18)19)8-13(16-12)17-6-4-5-15(3,20)9-17/h7-8,10,20H,4-6,9H2,1-3H3,(H,18,19). The van der Waals surface area contributed by atoms with Crippen molar-refractivity contribution in [2.75, 3.05) is 18.0 Å². The number of pyridine rings is 1. The number of aromatic carboxylic acids is 1. The molecule has 2 heterocycles. The van der Waals surface area contributed by atoms with Gasteiger partial charge in [0, 0.05) is 18.8 Å². The molecule has 1 unspecified atom stereocenters. The maximum absolute atomic E-state index is 11.2. The molecule has 1 atom stereocenters. The lowest BCUT2D eigenvalue weighted by atomic mass is 9.95. The molecule has 1 saturated heterocycles. The first kappa shape index (κ1) is 14.8. The fourth-order valence-electron chi connectivity index (χ4n) is 2.53. The third kappa shape index (κ3) is 3.28. The Hall–Kier alpha value is -1.62. The van der Waals surface area contributed by atoms with Gasteiger partial charge in [0.1, 0.15) is 5.82 Å². The van der Waals surface area contributed by atoms with Gasteiger partial charge in [-0.05, 0) is 37.8 Å². The van der Waals surface area contributed by atoms with Crippen molar-refractivity contribution in [3.05, 3.63) is 23.4 Å². The van der Waals surface area contributed by atoms with E-state index in [0.29, 0.717) is 12.4 Å². The van der Waals surface area contributed by atoms with Gasteiger partial charge in [-0.2, -0.15) is 0 Å². The number of nitrogens with zero attached hydrogens (tertiary/aromatic N) is 2. The topological polar surface area (TPSA) is 73.7 Å². The number of carboxylic acids is 1. The number of piperidine rings is 1. The van der Waals surface area contributed by atoms with Crippen molar-refractivity contribution in [1.82, 2.24) is 4.98 Å². The first-order valence-corrected chi connectivity index (χ1v) is 7.01. The number of aliphatic hydroxyl groups is 1. The minimum absolute atomic E-state index is 0.165. The highest BCUT2D eigenvalue weighted by molar-refractivity contribution is 5.88. The summed E-state index contributed by atoms with van der Waals surface area (Å²) in [5.41, 5.74) is 0.283. The molecule has 0 bridgehead atoms. The molecule has 5 nitrogen and oxygen atoms in total. The zero-order valence-corrected chi connectivity index (χ0v) is 12.3. The monoisotopic (exact) mass is 278 g/mol. The molecule has 2 N–H and O–H groups in total. The number of anilines is 1. The number of carbonyl (C=O) groups is 1. The summed E-state index contributed by atoms with van der Waals surface area (Å²) in [6.45, 7) is 7.07. The number of hydrogen-bond acceptors (Lipinski definition) is 4. The van der Waals surface area contributed by atoms with Gasteiger partial charge in [0.2, 0.25) is 0 Å². The summed E-state index contributed by atoms with van der Waals surface area (Å²) in [5, 5.41) is 19.4. The molecule has 0 spiro atoms. The molecular weight excluding hydrogens is 256 g/mol. The highest BCUT2D eigenvalue weighted by Gasteiger charge is 2.29. The van der Waals surface area contributed by atoms with E-state index in [9.17, 15) is 15.0 Å². The molecule has 0 aliphatic carbocycles. The van der Waals surface area contributed by atoms with Crippen LogP contribution in [0.4, 0.5) is 5.82 Å². The molecule has 110 valence electrons. The second-order valence-electron chi connectivity index (χ2n) is 6.12. The largest absolute Gasteiger partial charge is 0.478 e. The van der Waals surface area contributed by atoms with Gasteiger partial charge < -0.3 is 15.1 Å². The van der Waals surface area contributed by atoms with Crippen LogP contribution in [0.1, 0.15) is 55.6 Å². The highest BCUT2D eigenvalue weighted by Crippen LogP contribution is 2.26. The Bertz CT molecular complexity index is 512. The Kier molecular flexibility index (Phi) is 3.99. The van der Waals surface area contributed by atoms with E-state index in [1.54, 1.807) is 12.1 Å². The predicted molar refractivity (Wildman–Crippen MR) is 77.4 cm³/mol. The molecule has 1 aromatic rings. The third-order valence-corrected chi connectivity index (χ3v) is 3.67. The van der Waals surface area contributed by atoms with Crippen molar-refractivity contribution in [3.8, 4) is 0 Å². The fourth-order valence-corrected chi connectivity index (χ4v) is 2.53. The van der Waals surface area contributed by atoms with E-state index in [1.807, 2.05) is 25.7 Å². The Morgan fingerprint density at radius 3 is 2.70 bits per heavy atom. The van der Waals surface area contributed by atoms with Gasteiger partial charge in [-0.15, -0.1) is 0 Å². The summed E-state index contributed by atoms with van der Waals surface area (Å²) in [7, 11) is 0. The van der Waals surface area contributed by atoms with E-state index >= 15 is 0 Å². The van der Waals surface area contributed by atoms with Crippen LogP contribution in [0.25, 0.3) is 0 Å². The number of β-amino-alcohol motifs (C(OH)–C–C–N with tert-alkyl or cyclic N) is 1. The molecule has 20 heavy (non-hydrogen) atoms. The quantitative estimate of drug-likeness (QED) is 0.887. The van der Waals surface area contributed by atoms with E-state index in [-0.39, 0.29) is 11.5 Å². The summed E-state index contributed by atoms with van der Waals surface area (Å²) in [5.74, 6) is -0.133. The second kappa shape index (κ2) is 5.40. The molecule has 0 saturated carbocycles. The van der Waals surface area contributed by atoms with Crippen molar-refractivity contribution in [2.24, 2.45) is 0 Å². The SMILES string of the molecule is CC(C)c1cc(C(=O)O)cc(N2CCCC(C)(O)C2)n1. The molecule has 5 heteroatoms. The smallest absolute Gasteiger partial charge is 0.335 e. The van der Waals surface area contributed by atoms with E-state index in [2.05, 4.69) is 4.98 Å². The van der Waals surface area contributed by atoms with E-state index in [0.717, 1.165) is 25.1 Å². The van der Waals surface area contributed by atoms with Crippen molar-refractivity contribution < 1.29 is 15.0 Å². The molecule has 1 fully saturated rings. The normalized spacial score (nSPS) is 23.1. The van der Waals surface area contributed by atoms with Crippen molar-refractivity contribution in [1.29, 1.82) is 0 Å².